The molecule has 0 saturated heterocycles. The van der Waals surface area contributed by atoms with Gasteiger partial charge >= 0.3 is 0 Å². The predicted octanol–water partition coefficient (Wildman–Crippen LogP) is 2.00. The van der Waals surface area contributed by atoms with Gasteiger partial charge in [0.1, 0.15) is 16.9 Å². The molecule has 0 bridgehead atoms. The zero-order valence-corrected chi connectivity index (χ0v) is 14.8. The van der Waals surface area contributed by atoms with E-state index in [9.17, 15) is 0 Å². The van der Waals surface area contributed by atoms with Crippen molar-refractivity contribution in [3.8, 4) is 5.75 Å². The predicted molar refractivity (Wildman–Crippen MR) is 102 cm³/mol. The van der Waals surface area contributed by atoms with Crippen molar-refractivity contribution >= 4 is 44.3 Å². The summed E-state index contributed by atoms with van der Waals surface area (Å²) in [5.74, 6) is 1.25. The van der Waals surface area contributed by atoms with E-state index in [-0.39, 0.29) is 5.96 Å². The molecule has 25 heavy (non-hydrogen) atoms. The van der Waals surface area contributed by atoms with E-state index >= 15 is 0 Å². The van der Waals surface area contributed by atoms with Gasteiger partial charge in [0.25, 0.3) is 0 Å². The number of nitrogen functional groups attached to an aromatic ring is 1. The van der Waals surface area contributed by atoms with E-state index in [1.54, 1.807) is 7.11 Å². The van der Waals surface area contributed by atoms with Gasteiger partial charge in [-0.05, 0) is 31.7 Å². The Morgan fingerprint density at radius 3 is 2.64 bits per heavy atom. The number of methoxy groups -OCH3 is 1. The first kappa shape index (κ1) is 15.9. The van der Waals surface area contributed by atoms with E-state index in [1.165, 1.54) is 17.8 Å². The van der Waals surface area contributed by atoms with Gasteiger partial charge in [-0.15, -0.1) is 0 Å². The fourth-order valence-corrected chi connectivity index (χ4v) is 4.57. The zero-order valence-electron chi connectivity index (χ0n) is 14.0. The van der Waals surface area contributed by atoms with Crippen molar-refractivity contribution in [3.63, 3.8) is 0 Å². The summed E-state index contributed by atoms with van der Waals surface area (Å²) in [5.41, 5.74) is 19.2. The molecular formula is C16H21N7OS. The van der Waals surface area contributed by atoms with Crippen molar-refractivity contribution in [3.05, 3.63) is 12.1 Å². The molecular weight excluding hydrogens is 338 g/mol. The monoisotopic (exact) mass is 359 g/mol. The molecule has 1 fully saturated rings. The van der Waals surface area contributed by atoms with Gasteiger partial charge in [0.2, 0.25) is 11.9 Å². The third-order valence-electron chi connectivity index (χ3n) is 4.79. The number of hydrogen-bond donors (Lipinski definition) is 3. The fourth-order valence-electron chi connectivity index (χ4n) is 3.78. The first-order valence-electron chi connectivity index (χ1n) is 8.26. The number of hydrogen-bond acceptors (Lipinski definition) is 9. The van der Waals surface area contributed by atoms with E-state index in [0.717, 1.165) is 41.6 Å². The molecule has 6 N–H and O–H groups in total. The van der Waals surface area contributed by atoms with Crippen molar-refractivity contribution in [2.24, 2.45) is 21.5 Å². The molecule has 0 unspecified atom stereocenters. The van der Waals surface area contributed by atoms with E-state index in [2.05, 4.69) is 9.98 Å². The number of aliphatic imine (C=N–C) groups is 2. The summed E-state index contributed by atoms with van der Waals surface area (Å²) < 4.78 is 6.46. The number of benzene rings is 1. The Morgan fingerprint density at radius 1 is 1.16 bits per heavy atom. The molecule has 9 heteroatoms. The highest BCUT2D eigenvalue weighted by molar-refractivity contribution is 7.22. The number of thiazole rings is 1. The largest absolute Gasteiger partial charge is 0.494 e. The molecule has 132 valence electrons. The van der Waals surface area contributed by atoms with E-state index in [0.29, 0.717) is 16.8 Å². The summed E-state index contributed by atoms with van der Waals surface area (Å²) in [4.78, 5) is 15.2. The first-order chi connectivity index (χ1) is 12.0. The van der Waals surface area contributed by atoms with Gasteiger partial charge in [0, 0.05) is 6.07 Å². The highest BCUT2D eigenvalue weighted by Gasteiger charge is 2.42. The maximum Gasteiger partial charge on any atom is 0.220 e. The smallest absolute Gasteiger partial charge is 0.220 e. The van der Waals surface area contributed by atoms with Gasteiger partial charge in [-0.25, -0.2) is 9.98 Å². The lowest BCUT2D eigenvalue weighted by Crippen LogP contribution is -2.58. The Hall–Kier alpha value is -2.55. The number of anilines is 2. The number of rotatable bonds is 2. The number of nitrogens with zero attached hydrogens (tertiary/aromatic N) is 4. The highest BCUT2D eigenvalue weighted by Crippen LogP contribution is 2.43. The van der Waals surface area contributed by atoms with E-state index in [1.807, 2.05) is 17.0 Å². The van der Waals surface area contributed by atoms with Crippen LogP contribution in [0.4, 0.5) is 10.8 Å². The molecule has 1 aliphatic heterocycles. The zero-order chi connectivity index (χ0) is 17.6. The van der Waals surface area contributed by atoms with Crippen molar-refractivity contribution in [2.45, 2.75) is 37.8 Å². The van der Waals surface area contributed by atoms with Crippen LogP contribution in [0.2, 0.25) is 0 Å². The maximum absolute atomic E-state index is 6.29. The normalized spacial score (nSPS) is 19.8. The minimum atomic E-state index is -0.483. The molecule has 4 rings (SSSR count). The Labute approximate surface area is 149 Å². The van der Waals surface area contributed by atoms with Crippen molar-refractivity contribution < 1.29 is 4.74 Å². The molecule has 8 nitrogen and oxygen atoms in total. The van der Waals surface area contributed by atoms with Crippen molar-refractivity contribution in [1.82, 2.24) is 4.98 Å². The molecule has 1 aliphatic carbocycles. The van der Waals surface area contributed by atoms with Crippen LogP contribution in [0.3, 0.4) is 0 Å². The second kappa shape index (κ2) is 5.76. The fraction of sp³-hybridized carbons (Fsp3) is 0.438. The van der Waals surface area contributed by atoms with Crippen LogP contribution in [0.5, 0.6) is 5.75 Å². The van der Waals surface area contributed by atoms with Crippen LogP contribution in [0, 0.1) is 0 Å². The Bertz CT molecular complexity index is 882. The maximum atomic E-state index is 6.29. The van der Waals surface area contributed by atoms with Crippen LogP contribution in [0.1, 0.15) is 32.1 Å². The molecule has 1 aromatic heterocycles. The average molecular weight is 359 g/mol. The van der Waals surface area contributed by atoms with E-state index in [4.69, 9.17) is 26.9 Å². The number of ether oxygens (including phenoxy) is 1. The minimum absolute atomic E-state index is 0.241. The van der Waals surface area contributed by atoms with Crippen LogP contribution in [0.25, 0.3) is 10.2 Å². The Kier molecular flexibility index (Phi) is 3.68. The van der Waals surface area contributed by atoms with E-state index < -0.39 is 5.66 Å². The standard InChI is InChI=1S/C16H21N7OS/c1-24-10-7-9(8-11-12(10)20-15(19)25-11)23-14(18)21-13(17)22-16(23)5-3-2-4-6-16/h7-8H,2-6H2,1H3,(H2,19,20)(H4,17,18,21,22). The number of guanidine groups is 2. The average Bonchev–Trinajstić information content (AvgIpc) is 2.94. The van der Waals surface area contributed by atoms with Crippen molar-refractivity contribution in [1.29, 1.82) is 0 Å². The molecule has 2 heterocycles. The molecule has 0 amide bonds. The van der Waals surface area contributed by atoms with Gasteiger partial charge in [-0.3, -0.25) is 4.90 Å². The molecule has 1 spiro atoms. The quantitative estimate of drug-likeness (QED) is 0.752. The van der Waals surface area contributed by atoms with Gasteiger partial charge in [-0.1, -0.05) is 17.8 Å². The summed E-state index contributed by atoms with van der Waals surface area (Å²) >= 11 is 1.42. The third kappa shape index (κ3) is 2.55. The van der Waals surface area contributed by atoms with Gasteiger partial charge in [0.05, 0.1) is 17.5 Å². The number of nitrogens with two attached hydrogens (primary N) is 3. The second-order valence-corrected chi connectivity index (χ2v) is 7.43. The molecule has 1 aromatic carbocycles. The first-order valence-corrected chi connectivity index (χ1v) is 9.08. The van der Waals surface area contributed by atoms with Crippen LogP contribution in [-0.4, -0.2) is 29.7 Å². The lowest BCUT2D eigenvalue weighted by Gasteiger charge is -2.45. The topological polar surface area (TPSA) is 128 Å². The van der Waals surface area contributed by atoms with Crippen LogP contribution >= 0.6 is 11.3 Å². The van der Waals surface area contributed by atoms with Crippen molar-refractivity contribution in [2.75, 3.05) is 17.7 Å². The molecule has 2 aromatic rings. The molecule has 1 saturated carbocycles. The lowest BCUT2D eigenvalue weighted by molar-refractivity contribution is 0.305. The van der Waals surface area contributed by atoms with Crippen LogP contribution in [0.15, 0.2) is 22.1 Å². The van der Waals surface area contributed by atoms with Crippen LogP contribution < -0.4 is 26.8 Å². The summed E-state index contributed by atoms with van der Waals surface area (Å²) in [6.45, 7) is 0. The Morgan fingerprint density at radius 2 is 1.92 bits per heavy atom. The van der Waals surface area contributed by atoms with Gasteiger partial charge in [0.15, 0.2) is 5.13 Å². The molecule has 0 atom stereocenters. The lowest BCUT2D eigenvalue weighted by atomic mass is 9.87. The summed E-state index contributed by atoms with van der Waals surface area (Å²) in [7, 11) is 1.62. The summed E-state index contributed by atoms with van der Waals surface area (Å²) in [6.07, 6.45) is 5.11. The number of aromatic nitrogens is 1. The second-order valence-electron chi connectivity index (χ2n) is 6.37. The molecule has 0 radical (unpaired) electrons. The number of fused-ring (bicyclic) bond motifs is 1. The highest BCUT2D eigenvalue weighted by atomic mass is 32.1. The van der Waals surface area contributed by atoms with Gasteiger partial charge in [-0.2, -0.15) is 4.99 Å². The molecule has 2 aliphatic rings. The summed E-state index contributed by atoms with van der Waals surface area (Å²) in [6, 6.07) is 3.93. The Balaban J connectivity index is 1.89. The minimum Gasteiger partial charge on any atom is -0.494 e. The summed E-state index contributed by atoms with van der Waals surface area (Å²) in [5, 5.41) is 0.500. The van der Waals surface area contributed by atoms with Gasteiger partial charge < -0.3 is 21.9 Å². The SMILES string of the molecule is COc1cc(N2C(N)=NC(N)=NC23CCCCC3)cc2sc(N)nc12. The third-order valence-corrected chi connectivity index (χ3v) is 5.62. The van der Waals surface area contributed by atoms with Crippen LogP contribution in [-0.2, 0) is 0 Å².